The quantitative estimate of drug-likeness (QED) is 0.688. The molecular formula is C18H22O. The Morgan fingerprint density at radius 2 is 2.16 bits per heavy atom. The molecule has 0 amide bonds. The summed E-state index contributed by atoms with van der Waals surface area (Å²) in [6, 6.07) is 0. The lowest BCUT2D eigenvalue weighted by Crippen LogP contribution is -2.20. The minimum atomic E-state index is 0.226. The van der Waals surface area contributed by atoms with Gasteiger partial charge < -0.3 is 5.11 Å². The van der Waals surface area contributed by atoms with Gasteiger partial charge >= 0.3 is 0 Å². The van der Waals surface area contributed by atoms with Crippen LogP contribution in [0.2, 0.25) is 0 Å². The SMILES string of the molecule is C=CC(=C)C1=C(C)C(CC)=C(O)C2=CC(C)=CCC21. The lowest BCUT2D eigenvalue weighted by molar-refractivity contribution is 0.396. The summed E-state index contributed by atoms with van der Waals surface area (Å²) in [5, 5.41) is 10.5. The average Bonchev–Trinajstić information content (AvgIpc) is 2.40. The van der Waals surface area contributed by atoms with E-state index in [-0.39, 0.29) is 5.92 Å². The van der Waals surface area contributed by atoms with Crippen LogP contribution in [-0.4, -0.2) is 5.11 Å². The summed E-state index contributed by atoms with van der Waals surface area (Å²) in [6.45, 7) is 14.2. The van der Waals surface area contributed by atoms with Gasteiger partial charge in [-0.15, -0.1) is 0 Å². The molecule has 1 heteroatoms. The summed E-state index contributed by atoms with van der Waals surface area (Å²) in [6.07, 6.45) is 7.90. The van der Waals surface area contributed by atoms with E-state index in [2.05, 4.69) is 46.1 Å². The van der Waals surface area contributed by atoms with Crippen molar-refractivity contribution in [3.05, 3.63) is 70.6 Å². The lowest BCUT2D eigenvalue weighted by Gasteiger charge is -2.33. The molecule has 0 aromatic carbocycles. The minimum absolute atomic E-state index is 0.226. The molecule has 1 atom stereocenters. The van der Waals surface area contributed by atoms with Crippen molar-refractivity contribution in [2.24, 2.45) is 5.92 Å². The zero-order chi connectivity index (χ0) is 14.2. The molecule has 0 heterocycles. The summed E-state index contributed by atoms with van der Waals surface area (Å²) in [5.74, 6) is 0.697. The summed E-state index contributed by atoms with van der Waals surface area (Å²) < 4.78 is 0. The van der Waals surface area contributed by atoms with E-state index < -0.39 is 0 Å². The Balaban J connectivity index is 2.66. The van der Waals surface area contributed by atoms with Gasteiger partial charge in [-0.3, -0.25) is 0 Å². The van der Waals surface area contributed by atoms with Crippen molar-refractivity contribution in [1.29, 1.82) is 0 Å². The highest BCUT2D eigenvalue weighted by atomic mass is 16.3. The zero-order valence-electron chi connectivity index (χ0n) is 12.1. The van der Waals surface area contributed by atoms with Gasteiger partial charge in [0.1, 0.15) is 5.76 Å². The lowest BCUT2D eigenvalue weighted by atomic mass is 9.72. The van der Waals surface area contributed by atoms with Gasteiger partial charge in [0.15, 0.2) is 0 Å². The van der Waals surface area contributed by atoms with Crippen molar-refractivity contribution < 1.29 is 5.11 Å². The fourth-order valence-corrected chi connectivity index (χ4v) is 3.13. The Hall–Kier alpha value is -1.76. The van der Waals surface area contributed by atoms with E-state index in [1.54, 1.807) is 0 Å². The number of aliphatic hydroxyl groups is 1. The second kappa shape index (κ2) is 5.08. The molecule has 0 aromatic rings. The van der Waals surface area contributed by atoms with Crippen LogP contribution in [0, 0.1) is 5.92 Å². The topological polar surface area (TPSA) is 20.2 Å². The molecule has 0 fully saturated rings. The van der Waals surface area contributed by atoms with Gasteiger partial charge in [-0.1, -0.05) is 43.9 Å². The first-order valence-electron chi connectivity index (χ1n) is 6.84. The summed E-state index contributed by atoms with van der Waals surface area (Å²) >= 11 is 0. The number of rotatable bonds is 3. The molecule has 0 saturated carbocycles. The van der Waals surface area contributed by atoms with E-state index in [1.807, 2.05) is 6.08 Å². The van der Waals surface area contributed by atoms with Crippen molar-refractivity contribution in [2.45, 2.75) is 33.6 Å². The molecule has 0 bridgehead atoms. The fraction of sp³-hybridized carbons (Fsp3) is 0.333. The number of aliphatic hydroxyl groups excluding tert-OH is 1. The summed E-state index contributed by atoms with van der Waals surface area (Å²) in [4.78, 5) is 0. The molecular weight excluding hydrogens is 232 g/mol. The second-order valence-electron chi connectivity index (χ2n) is 5.28. The van der Waals surface area contributed by atoms with E-state index in [1.165, 1.54) is 16.7 Å². The third-order valence-electron chi connectivity index (χ3n) is 4.14. The van der Waals surface area contributed by atoms with E-state index in [4.69, 9.17) is 0 Å². The highest BCUT2D eigenvalue weighted by Gasteiger charge is 2.32. The first kappa shape index (κ1) is 13.7. The van der Waals surface area contributed by atoms with E-state index in [9.17, 15) is 5.11 Å². The maximum atomic E-state index is 10.5. The standard InChI is InChI=1S/C18H22O/c1-6-12(4)17-13(5)14(7-2)18(19)16-10-11(3)8-9-15(16)17/h6,8,10,15,19H,1,4,7,9H2,2-3,5H3. The predicted octanol–water partition coefficient (Wildman–Crippen LogP) is 5.17. The second-order valence-corrected chi connectivity index (χ2v) is 5.28. The molecule has 0 aliphatic heterocycles. The Bertz CT molecular complexity index is 564. The molecule has 0 spiro atoms. The van der Waals surface area contributed by atoms with E-state index >= 15 is 0 Å². The largest absolute Gasteiger partial charge is 0.507 e. The van der Waals surface area contributed by atoms with Crippen LogP contribution >= 0.6 is 0 Å². The zero-order valence-corrected chi connectivity index (χ0v) is 12.1. The van der Waals surface area contributed by atoms with Crippen molar-refractivity contribution in [2.75, 3.05) is 0 Å². The van der Waals surface area contributed by atoms with Crippen LogP contribution in [0.15, 0.2) is 70.6 Å². The van der Waals surface area contributed by atoms with Crippen molar-refractivity contribution in [3.63, 3.8) is 0 Å². The van der Waals surface area contributed by atoms with Crippen LogP contribution in [0.5, 0.6) is 0 Å². The average molecular weight is 254 g/mol. The van der Waals surface area contributed by atoms with E-state index in [0.29, 0.717) is 5.76 Å². The molecule has 1 N–H and O–H groups in total. The number of hydrogen-bond donors (Lipinski definition) is 1. The molecule has 1 unspecified atom stereocenters. The molecule has 0 radical (unpaired) electrons. The maximum Gasteiger partial charge on any atom is 0.122 e. The molecule has 2 rings (SSSR count). The third-order valence-corrected chi connectivity index (χ3v) is 4.14. The summed E-state index contributed by atoms with van der Waals surface area (Å²) in [7, 11) is 0. The molecule has 0 aromatic heterocycles. The van der Waals surface area contributed by atoms with Gasteiger partial charge in [0, 0.05) is 11.5 Å². The Labute approximate surface area is 116 Å². The number of allylic oxidation sites excluding steroid dienone is 9. The van der Waals surface area contributed by atoms with Crippen LogP contribution < -0.4 is 0 Å². The normalized spacial score (nSPS) is 22.8. The molecule has 100 valence electrons. The number of fused-ring (bicyclic) bond motifs is 1. The van der Waals surface area contributed by atoms with Gasteiger partial charge in [0.05, 0.1) is 0 Å². The van der Waals surface area contributed by atoms with Gasteiger partial charge in [-0.25, -0.2) is 0 Å². The molecule has 1 nitrogen and oxygen atoms in total. The van der Waals surface area contributed by atoms with Gasteiger partial charge in [-0.2, -0.15) is 0 Å². The Morgan fingerprint density at radius 3 is 2.74 bits per heavy atom. The van der Waals surface area contributed by atoms with Gasteiger partial charge in [0.25, 0.3) is 0 Å². The van der Waals surface area contributed by atoms with Crippen molar-refractivity contribution in [1.82, 2.24) is 0 Å². The fourth-order valence-electron chi connectivity index (χ4n) is 3.13. The van der Waals surface area contributed by atoms with Crippen molar-refractivity contribution in [3.8, 4) is 0 Å². The Morgan fingerprint density at radius 1 is 1.47 bits per heavy atom. The van der Waals surface area contributed by atoms with Gasteiger partial charge in [-0.05, 0) is 49.0 Å². The molecule has 19 heavy (non-hydrogen) atoms. The van der Waals surface area contributed by atoms with Crippen LogP contribution in [-0.2, 0) is 0 Å². The van der Waals surface area contributed by atoms with Crippen LogP contribution in [0.3, 0.4) is 0 Å². The molecule has 2 aliphatic carbocycles. The minimum Gasteiger partial charge on any atom is -0.507 e. The van der Waals surface area contributed by atoms with Crippen molar-refractivity contribution >= 4 is 0 Å². The van der Waals surface area contributed by atoms with Gasteiger partial charge in [0.2, 0.25) is 0 Å². The van der Waals surface area contributed by atoms with Crippen LogP contribution in [0.1, 0.15) is 33.6 Å². The molecule has 0 saturated heterocycles. The first-order chi connectivity index (χ1) is 9.01. The smallest absolute Gasteiger partial charge is 0.122 e. The van der Waals surface area contributed by atoms with Crippen LogP contribution in [0.25, 0.3) is 0 Å². The maximum absolute atomic E-state index is 10.5. The predicted molar refractivity (Wildman–Crippen MR) is 81.9 cm³/mol. The van der Waals surface area contributed by atoms with Crippen LogP contribution in [0.4, 0.5) is 0 Å². The third kappa shape index (κ3) is 2.14. The molecule has 2 aliphatic rings. The highest BCUT2D eigenvalue weighted by Crippen LogP contribution is 2.45. The number of hydrogen-bond acceptors (Lipinski definition) is 1. The van der Waals surface area contributed by atoms with E-state index in [0.717, 1.165) is 29.6 Å². The first-order valence-corrected chi connectivity index (χ1v) is 6.84. The highest BCUT2D eigenvalue weighted by molar-refractivity contribution is 5.60. The summed E-state index contributed by atoms with van der Waals surface area (Å²) in [5.41, 5.74) is 6.67. The monoisotopic (exact) mass is 254 g/mol. The Kier molecular flexibility index (Phi) is 3.66.